The summed E-state index contributed by atoms with van der Waals surface area (Å²) in [6.07, 6.45) is 0.550. The van der Waals surface area contributed by atoms with Crippen molar-refractivity contribution in [2.24, 2.45) is 0 Å². The molecule has 0 unspecified atom stereocenters. The van der Waals surface area contributed by atoms with Gasteiger partial charge in [-0.25, -0.2) is 9.48 Å². The van der Waals surface area contributed by atoms with E-state index in [-0.39, 0.29) is 5.69 Å². The molecule has 2 rings (SSSR count). The van der Waals surface area contributed by atoms with Crippen LogP contribution in [0.4, 0.5) is 0 Å². The Labute approximate surface area is 92.3 Å². The maximum absolute atomic E-state index is 11.1. The number of carboxylic acids is 1. The predicted molar refractivity (Wildman–Crippen MR) is 57.7 cm³/mol. The van der Waals surface area contributed by atoms with Crippen LogP contribution in [0.5, 0.6) is 0 Å². The highest BCUT2D eigenvalue weighted by Gasteiger charge is 2.18. The summed E-state index contributed by atoms with van der Waals surface area (Å²) in [5.41, 5.74) is 1.33. The number of carbonyl (C=O) groups is 1. The fourth-order valence-electron chi connectivity index (χ4n) is 1.52. The van der Waals surface area contributed by atoms with E-state index in [9.17, 15) is 4.79 Å². The van der Waals surface area contributed by atoms with E-state index in [4.69, 9.17) is 5.11 Å². The van der Waals surface area contributed by atoms with E-state index in [1.54, 1.807) is 12.1 Å². The van der Waals surface area contributed by atoms with Gasteiger partial charge in [-0.2, -0.15) is 0 Å². The van der Waals surface area contributed by atoms with Crippen LogP contribution < -0.4 is 0 Å². The molecule has 82 valence electrons. The van der Waals surface area contributed by atoms with Crippen molar-refractivity contribution in [1.82, 2.24) is 15.0 Å². The van der Waals surface area contributed by atoms with Crippen LogP contribution in [-0.2, 0) is 6.42 Å². The minimum atomic E-state index is -1.01. The number of aromatic nitrogens is 3. The molecule has 5 heteroatoms. The molecule has 1 aromatic carbocycles. The zero-order chi connectivity index (χ0) is 11.5. The Kier molecular flexibility index (Phi) is 2.68. The normalized spacial score (nSPS) is 10.3. The highest BCUT2D eigenvalue weighted by atomic mass is 16.4. The van der Waals surface area contributed by atoms with Gasteiger partial charge in [-0.1, -0.05) is 30.3 Å². The molecule has 0 spiro atoms. The van der Waals surface area contributed by atoms with Gasteiger partial charge in [0.05, 0.1) is 11.4 Å². The molecule has 1 N–H and O–H groups in total. The van der Waals surface area contributed by atoms with Gasteiger partial charge < -0.3 is 5.11 Å². The number of hydrogen-bond acceptors (Lipinski definition) is 3. The standard InChI is InChI=1S/C11H11N3O2/c1-2-9-10(11(15)16)14(13-12-9)8-6-4-3-5-7-8/h3-7H,2H2,1H3,(H,15,16). The lowest BCUT2D eigenvalue weighted by atomic mass is 10.2. The second-order valence-electron chi connectivity index (χ2n) is 3.29. The highest BCUT2D eigenvalue weighted by molar-refractivity contribution is 5.87. The second kappa shape index (κ2) is 4.14. The lowest BCUT2D eigenvalue weighted by molar-refractivity contribution is 0.0686. The molecule has 1 aromatic heterocycles. The zero-order valence-corrected chi connectivity index (χ0v) is 8.79. The highest BCUT2D eigenvalue weighted by Crippen LogP contribution is 2.13. The van der Waals surface area contributed by atoms with Crippen LogP contribution in [0.25, 0.3) is 5.69 Å². The largest absolute Gasteiger partial charge is 0.476 e. The molecule has 0 saturated carbocycles. The van der Waals surface area contributed by atoms with Gasteiger partial charge in [-0.15, -0.1) is 5.10 Å². The van der Waals surface area contributed by atoms with E-state index < -0.39 is 5.97 Å². The van der Waals surface area contributed by atoms with Gasteiger partial charge in [0.2, 0.25) is 0 Å². The van der Waals surface area contributed by atoms with Crippen LogP contribution in [0.3, 0.4) is 0 Å². The SMILES string of the molecule is CCc1nnn(-c2ccccc2)c1C(=O)O. The van der Waals surface area contributed by atoms with Gasteiger partial charge >= 0.3 is 5.97 Å². The second-order valence-corrected chi connectivity index (χ2v) is 3.29. The molecule has 0 aliphatic carbocycles. The topological polar surface area (TPSA) is 68.0 Å². The molecule has 0 bridgehead atoms. The lowest BCUT2D eigenvalue weighted by Gasteiger charge is -2.02. The zero-order valence-electron chi connectivity index (χ0n) is 8.79. The fraction of sp³-hybridized carbons (Fsp3) is 0.182. The van der Waals surface area contributed by atoms with Gasteiger partial charge in [-0.3, -0.25) is 0 Å². The molecule has 16 heavy (non-hydrogen) atoms. The molecule has 0 fully saturated rings. The van der Waals surface area contributed by atoms with E-state index >= 15 is 0 Å². The molecule has 5 nitrogen and oxygen atoms in total. The third kappa shape index (κ3) is 1.67. The van der Waals surface area contributed by atoms with Crippen molar-refractivity contribution in [2.45, 2.75) is 13.3 Å². The molecule has 0 saturated heterocycles. The van der Waals surface area contributed by atoms with Crippen LogP contribution in [0, 0.1) is 0 Å². The fourth-order valence-corrected chi connectivity index (χ4v) is 1.52. The smallest absolute Gasteiger partial charge is 0.356 e. The molecule has 1 heterocycles. The van der Waals surface area contributed by atoms with Crippen molar-refractivity contribution in [2.75, 3.05) is 0 Å². The first-order valence-corrected chi connectivity index (χ1v) is 4.97. The Morgan fingerprint density at radius 2 is 2.06 bits per heavy atom. The van der Waals surface area contributed by atoms with Gasteiger partial charge in [-0.05, 0) is 18.6 Å². The van der Waals surface area contributed by atoms with E-state index in [0.717, 1.165) is 0 Å². The van der Waals surface area contributed by atoms with Gasteiger partial charge in [0, 0.05) is 0 Å². The van der Waals surface area contributed by atoms with Crippen molar-refractivity contribution in [1.29, 1.82) is 0 Å². The Morgan fingerprint density at radius 3 is 2.62 bits per heavy atom. The van der Waals surface area contributed by atoms with Crippen molar-refractivity contribution in [3.63, 3.8) is 0 Å². The van der Waals surface area contributed by atoms with Crippen LogP contribution in [-0.4, -0.2) is 26.1 Å². The van der Waals surface area contributed by atoms with Gasteiger partial charge in [0.15, 0.2) is 5.69 Å². The Balaban J connectivity index is 2.58. The van der Waals surface area contributed by atoms with Crippen molar-refractivity contribution in [3.8, 4) is 5.69 Å². The first-order valence-electron chi connectivity index (χ1n) is 4.97. The summed E-state index contributed by atoms with van der Waals surface area (Å²) >= 11 is 0. The van der Waals surface area contributed by atoms with Crippen LogP contribution in [0.1, 0.15) is 23.1 Å². The van der Waals surface area contributed by atoms with Crippen molar-refractivity contribution >= 4 is 5.97 Å². The summed E-state index contributed by atoms with van der Waals surface area (Å²) in [5, 5.41) is 16.9. The van der Waals surface area contributed by atoms with Crippen LogP contribution in [0.2, 0.25) is 0 Å². The number of aryl methyl sites for hydroxylation is 1. The number of aromatic carboxylic acids is 1. The van der Waals surface area contributed by atoms with Crippen molar-refractivity contribution < 1.29 is 9.90 Å². The summed E-state index contributed by atoms with van der Waals surface area (Å²) in [5.74, 6) is -1.01. The Hall–Kier alpha value is -2.17. The maximum Gasteiger partial charge on any atom is 0.356 e. The summed E-state index contributed by atoms with van der Waals surface area (Å²) in [6.45, 7) is 1.85. The molecule has 0 radical (unpaired) electrons. The average Bonchev–Trinajstić information content (AvgIpc) is 2.73. The first kappa shape index (κ1) is 10.4. The van der Waals surface area contributed by atoms with Crippen LogP contribution >= 0.6 is 0 Å². The number of hydrogen-bond donors (Lipinski definition) is 1. The summed E-state index contributed by atoms with van der Waals surface area (Å²) < 4.78 is 1.35. The average molecular weight is 217 g/mol. The third-order valence-electron chi connectivity index (χ3n) is 2.28. The third-order valence-corrected chi connectivity index (χ3v) is 2.28. The first-order chi connectivity index (χ1) is 7.74. The number of nitrogens with zero attached hydrogens (tertiary/aromatic N) is 3. The van der Waals surface area contributed by atoms with E-state index in [1.807, 2.05) is 25.1 Å². The molecule has 0 amide bonds. The lowest BCUT2D eigenvalue weighted by Crippen LogP contribution is -2.09. The summed E-state index contributed by atoms with van der Waals surface area (Å²) in [6, 6.07) is 9.10. The number of carboxylic acid groups (broad SMARTS) is 1. The predicted octanol–water partition coefficient (Wildman–Crippen LogP) is 1.53. The Morgan fingerprint density at radius 1 is 1.38 bits per heavy atom. The van der Waals surface area contributed by atoms with Gasteiger partial charge in [0.25, 0.3) is 0 Å². The molecule has 2 aromatic rings. The molecule has 0 aliphatic heterocycles. The number of rotatable bonds is 3. The maximum atomic E-state index is 11.1. The summed E-state index contributed by atoms with van der Waals surface area (Å²) in [4.78, 5) is 11.1. The monoisotopic (exact) mass is 217 g/mol. The number of para-hydroxylation sites is 1. The van der Waals surface area contributed by atoms with Gasteiger partial charge in [0.1, 0.15) is 0 Å². The summed E-state index contributed by atoms with van der Waals surface area (Å²) in [7, 11) is 0. The molecule has 0 aliphatic rings. The molecular weight excluding hydrogens is 206 g/mol. The quantitative estimate of drug-likeness (QED) is 0.846. The van der Waals surface area contributed by atoms with E-state index in [0.29, 0.717) is 17.8 Å². The van der Waals surface area contributed by atoms with E-state index in [1.165, 1.54) is 4.68 Å². The van der Waals surface area contributed by atoms with Crippen LogP contribution in [0.15, 0.2) is 30.3 Å². The minimum absolute atomic E-state index is 0.133. The molecular formula is C11H11N3O2. The Bertz CT molecular complexity index is 505. The van der Waals surface area contributed by atoms with E-state index in [2.05, 4.69) is 10.3 Å². The molecule has 0 atom stereocenters. The number of benzene rings is 1. The minimum Gasteiger partial charge on any atom is -0.476 e. The van der Waals surface area contributed by atoms with Crippen molar-refractivity contribution in [3.05, 3.63) is 41.7 Å².